The molecule has 1 aromatic heterocycles. The fourth-order valence-corrected chi connectivity index (χ4v) is 3.52. The van der Waals surface area contributed by atoms with Crippen LogP contribution in [0.2, 0.25) is 0 Å². The number of hydrogen-bond acceptors (Lipinski definition) is 4. The average molecular weight is 292 g/mol. The first-order chi connectivity index (χ1) is 10.7. The predicted octanol–water partition coefficient (Wildman–Crippen LogP) is 1.54. The molecule has 0 spiro atoms. The van der Waals surface area contributed by atoms with E-state index < -0.39 is 0 Å². The zero-order chi connectivity index (χ0) is 15.1. The average Bonchev–Trinajstić information content (AvgIpc) is 3.16. The standard InChI is InChI=1S/C17H16N4O/c18-7-11-1-2-12-8-19-15(6-14(12)5-11)17(22)20-16-10-21-4-3-13(16)9-21/h1-2,5-6,8,13,16H,3-4,9-10H2,(H,20,22). The summed E-state index contributed by atoms with van der Waals surface area (Å²) in [7, 11) is 0. The summed E-state index contributed by atoms with van der Waals surface area (Å²) in [4.78, 5) is 19.1. The number of carbonyl (C=O) groups excluding carboxylic acids is 1. The molecule has 0 aliphatic carbocycles. The minimum Gasteiger partial charge on any atom is -0.346 e. The summed E-state index contributed by atoms with van der Waals surface area (Å²) < 4.78 is 0. The van der Waals surface area contributed by atoms with Crippen molar-refractivity contribution in [1.82, 2.24) is 15.2 Å². The van der Waals surface area contributed by atoms with E-state index in [1.807, 2.05) is 6.07 Å². The molecule has 2 aliphatic heterocycles. The highest BCUT2D eigenvalue weighted by atomic mass is 16.2. The van der Waals surface area contributed by atoms with Crippen molar-refractivity contribution in [2.45, 2.75) is 12.5 Å². The molecule has 1 N–H and O–H groups in total. The summed E-state index contributed by atoms with van der Waals surface area (Å²) in [6.45, 7) is 3.20. The maximum absolute atomic E-state index is 12.4. The van der Waals surface area contributed by atoms with Crippen molar-refractivity contribution < 1.29 is 4.79 Å². The van der Waals surface area contributed by atoms with Crippen molar-refractivity contribution in [1.29, 1.82) is 5.26 Å². The van der Waals surface area contributed by atoms with E-state index in [4.69, 9.17) is 5.26 Å². The van der Waals surface area contributed by atoms with Gasteiger partial charge in [-0.25, -0.2) is 0 Å². The molecule has 3 heterocycles. The summed E-state index contributed by atoms with van der Waals surface area (Å²) in [5, 5.41) is 13.9. The number of rotatable bonds is 2. The number of amides is 1. The van der Waals surface area contributed by atoms with Crippen LogP contribution in [0.4, 0.5) is 0 Å². The third kappa shape index (κ3) is 2.22. The number of carbonyl (C=O) groups is 1. The molecule has 2 aromatic rings. The van der Waals surface area contributed by atoms with Crippen molar-refractivity contribution >= 4 is 16.7 Å². The highest BCUT2D eigenvalue weighted by molar-refractivity contribution is 5.96. The van der Waals surface area contributed by atoms with Crippen molar-refractivity contribution in [3.05, 3.63) is 41.7 Å². The number of benzene rings is 1. The fraction of sp³-hybridized carbons (Fsp3) is 0.353. The molecule has 0 saturated carbocycles. The number of nitrogens with zero attached hydrogens (tertiary/aromatic N) is 3. The summed E-state index contributed by atoms with van der Waals surface area (Å²) in [5.74, 6) is 0.456. The van der Waals surface area contributed by atoms with E-state index in [2.05, 4.69) is 21.3 Å². The monoisotopic (exact) mass is 292 g/mol. The Morgan fingerprint density at radius 1 is 1.32 bits per heavy atom. The summed E-state index contributed by atoms with van der Waals surface area (Å²) in [5.41, 5.74) is 1.01. The van der Waals surface area contributed by atoms with Crippen LogP contribution in [-0.2, 0) is 0 Å². The van der Waals surface area contributed by atoms with E-state index in [-0.39, 0.29) is 11.9 Å². The van der Waals surface area contributed by atoms with Gasteiger partial charge in [-0.05, 0) is 42.5 Å². The van der Waals surface area contributed by atoms with Gasteiger partial charge in [-0.1, -0.05) is 6.07 Å². The van der Waals surface area contributed by atoms with E-state index in [1.54, 1.807) is 24.4 Å². The smallest absolute Gasteiger partial charge is 0.270 e. The van der Waals surface area contributed by atoms with Crippen LogP contribution in [0.1, 0.15) is 22.5 Å². The number of aromatic nitrogens is 1. The minimum absolute atomic E-state index is 0.122. The topological polar surface area (TPSA) is 69.0 Å². The number of nitriles is 1. The SMILES string of the molecule is N#Cc1ccc2cnc(C(=O)NC3CN4CCC3C4)cc2c1. The second-order valence-electron chi connectivity index (χ2n) is 6.13. The van der Waals surface area contributed by atoms with Gasteiger partial charge >= 0.3 is 0 Å². The third-order valence-electron chi connectivity index (χ3n) is 4.73. The molecule has 110 valence electrons. The molecule has 1 aromatic carbocycles. The molecule has 2 bridgehead atoms. The Morgan fingerprint density at radius 3 is 2.95 bits per heavy atom. The van der Waals surface area contributed by atoms with E-state index in [9.17, 15) is 4.79 Å². The molecule has 3 atom stereocenters. The number of pyridine rings is 1. The molecular weight excluding hydrogens is 276 g/mol. The predicted molar refractivity (Wildman–Crippen MR) is 82.3 cm³/mol. The van der Waals surface area contributed by atoms with Gasteiger partial charge in [-0.2, -0.15) is 5.26 Å². The molecule has 22 heavy (non-hydrogen) atoms. The van der Waals surface area contributed by atoms with Crippen LogP contribution < -0.4 is 5.32 Å². The summed E-state index contributed by atoms with van der Waals surface area (Å²) in [6, 6.07) is 9.52. The maximum atomic E-state index is 12.4. The van der Waals surface area contributed by atoms with Crippen LogP contribution in [0.15, 0.2) is 30.5 Å². The second-order valence-corrected chi connectivity index (χ2v) is 6.13. The zero-order valence-electron chi connectivity index (χ0n) is 12.1. The van der Waals surface area contributed by atoms with Crippen molar-refractivity contribution in [3.63, 3.8) is 0 Å². The largest absolute Gasteiger partial charge is 0.346 e. The van der Waals surface area contributed by atoms with Gasteiger partial charge in [0.15, 0.2) is 0 Å². The number of piperidine rings is 1. The normalized spacial score (nSPS) is 26.0. The highest BCUT2D eigenvalue weighted by Gasteiger charge is 2.38. The van der Waals surface area contributed by atoms with Crippen LogP contribution in [0.25, 0.3) is 10.8 Å². The van der Waals surface area contributed by atoms with Gasteiger partial charge in [0.2, 0.25) is 0 Å². The van der Waals surface area contributed by atoms with Gasteiger partial charge in [0.25, 0.3) is 5.91 Å². The molecular formula is C17H16N4O. The zero-order valence-corrected chi connectivity index (χ0v) is 12.1. The van der Waals surface area contributed by atoms with Gasteiger partial charge in [-0.3, -0.25) is 9.78 Å². The Kier molecular flexibility index (Phi) is 3.05. The van der Waals surface area contributed by atoms with Crippen LogP contribution in [0.3, 0.4) is 0 Å². The molecule has 0 radical (unpaired) electrons. The van der Waals surface area contributed by atoms with Crippen molar-refractivity contribution in [2.75, 3.05) is 19.6 Å². The lowest BCUT2D eigenvalue weighted by Gasteiger charge is -2.22. The molecule has 3 unspecified atom stereocenters. The van der Waals surface area contributed by atoms with Crippen LogP contribution in [0.5, 0.6) is 0 Å². The molecule has 2 fully saturated rings. The van der Waals surface area contributed by atoms with Crippen molar-refractivity contribution in [2.24, 2.45) is 5.92 Å². The molecule has 2 saturated heterocycles. The first-order valence-electron chi connectivity index (χ1n) is 7.56. The van der Waals surface area contributed by atoms with Crippen LogP contribution >= 0.6 is 0 Å². The highest BCUT2D eigenvalue weighted by Crippen LogP contribution is 2.28. The first kappa shape index (κ1) is 13.2. The Bertz CT molecular complexity index is 795. The van der Waals surface area contributed by atoms with Gasteiger partial charge < -0.3 is 10.2 Å². The van der Waals surface area contributed by atoms with E-state index in [1.165, 1.54) is 6.42 Å². The molecule has 2 aliphatic rings. The Labute approximate surface area is 128 Å². The van der Waals surface area contributed by atoms with Gasteiger partial charge in [0, 0.05) is 30.7 Å². The lowest BCUT2D eigenvalue weighted by Crippen LogP contribution is -2.43. The molecule has 4 rings (SSSR count). The van der Waals surface area contributed by atoms with Gasteiger partial charge in [0.05, 0.1) is 11.6 Å². The van der Waals surface area contributed by atoms with E-state index >= 15 is 0 Å². The second kappa shape index (κ2) is 5.08. The van der Waals surface area contributed by atoms with E-state index in [0.29, 0.717) is 17.2 Å². The third-order valence-corrected chi connectivity index (χ3v) is 4.73. The Morgan fingerprint density at radius 2 is 2.23 bits per heavy atom. The lowest BCUT2D eigenvalue weighted by atomic mass is 10.00. The lowest BCUT2D eigenvalue weighted by molar-refractivity contribution is 0.0919. The van der Waals surface area contributed by atoms with Crippen molar-refractivity contribution in [3.8, 4) is 6.07 Å². The van der Waals surface area contributed by atoms with Crippen LogP contribution in [-0.4, -0.2) is 41.5 Å². The first-order valence-corrected chi connectivity index (χ1v) is 7.56. The van der Waals surface area contributed by atoms with Crippen LogP contribution in [0, 0.1) is 17.2 Å². The molecule has 5 heteroatoms. The maximum Gasteiger partial charge on any atom is 0.270 e. The number of fused-ring (bicyclic) bond motifs is 3. The summed E-state index contributed by atoms with van der Waals surface area (Å²) in [6.07, 6.45) is 2.86. The van der Waals surface area contributed by atoms with E-state index in [0.717, 1.165) is 30.4 Å². The summed E-state index contributed by atoms with van der Waals surface area (Å²) >= 11 is 0. The fourth-order valence-electron chi connectivity index (χ4n) is 3.52. The Balaban J connectivity index is 1.57. The van der Waals surface area contributed by atoms with Gasteiger partial charge in [-0.15, -0.1) is 0 Å². The number of hydrogen-bond donors (Lipinski definition) is 1. The quantitative estimate of drug-likeness (QED) is 0.911. The molecule has 5 nitrogen and oxygen atoms in total. The number of nitrogens with one attached hydrogen (secondary N) is 1. The molecule has 1 amide bonds. The Hall–Kier alpha value is -2.45. The van der Waals surface area contributed by atoms with Gasteiger partial charge in [0.1, 0.15) is 5.69 Å². The minimum atomic E-state index is -0.122.